The molecule has 0 bridgehead atoms. The highest BCUT2D eigenvalue weighted by molar-refractivity contribution is 7.99. The van der Waals surface area contributed by atoms with Gasteiger partial charge in [-0.1, -0.05) is 19.1 Å². The van der Waals surface area contributed by atoms with Crippen LogP contribution in [0.3, 0.4) is 0 Å². The summed E-state index contributed by atoms with van der Waals surface area (Å²) in [5, 5.41) is 0.920. The summed E-state index contributed by atoms with van der Waals surface area (Å²) in [4.78, 5) is 23.0. The Morgan fingerprint density at radius 3 is 2.81 bits per heavy atom. The van der Waals surface area contributed by atoms with E-state index in [0.29, 0.717) is 17.9 Å². The van der Waals surface area contributed by atoms with E-state index < -0.39 is 0 Å². The molecule has 1 aromatic carbocycles. The quantitative estimate of drug-likeness (QED) is 0.606. The Morgan fingerprint density at radius 2 is 2.10 bits per heavy atom. The second-order valence-corrected chi connectivity index (χ2v) is 5.56. The third-order valence-electron chi connectivity index (χ3n) is 3.09. The van der Waals surface area contributed by atoms with E-state index in [4.69, 9.17) is 9.15 Å². The fraction of sp³-hybridized carbons (Fsp3) is 0.375. The predicted molar refractivity (Wildman–Crippen MR) is 84.7 cm³/mol. The number of hydrogen-bond acceptors (Lipinski definition) is 5. The molecule has 1 heterocycles. The van der Waals surface area contributed by atoms with Crippen LogP contribution in [0, 0.1) is 0 Å². The smallest absolute Gasteiger partial charge is 0.336 e. The first-order valence-corrected chi connectivity index (χ1v) is 8.08. The molecule has 0 fully saturated rings. The van der Waals surface area contributed by atoms with Crippen LogP contribution in [0.25, 0.3) is 11.0 Å². The summed E-state index contributed by atoms with van der Waals surface area (Å²) in [5.74, 6) is 0.623. The molecule has 112 valence electrons. The summed E-state index contributed by atoms with van der Waals surface area (Å²) in [6.45, 7) is 4.22. The number of esters is 1. The molecule has 4 nitrogen and oxygen atoms in total. The molecule has 0 unspecified atom stereocenters. The highest BCUT2D eigenvalue weighted by Crippen LogP contribution is 2.22. The second-order valence-electron chi connectivity index (χ2n) is 4.57. The summed E-state index contributed by atoms with van der Waals surface area (Å²) in [6.07, 6.45) is 0.890. The number of aryl methyl sites for hydroxylation is 1. The van der Waals surface area contributed by atoms with Crippen LogP contribution in [0.1, 0.15) is 25.0 Å². The van der Waals surface area contributed by atoms with Crippen molar-refractivity contribution >= 4 is 28.7 Å². The molecule has 2 rings (SSSR count). The van der Waals surface area contributed by atoms with Crippen molar-refractivity contribution in [2.24, 2.45) is 0 Å². The highest BCUT2D eigenvalue weighted by atomic mass is 32.2. The summed E-state index contributed by atoms with van der Waals surface area (Å²) < 4.78 is 10.1. The van der Waals surface area contributed by atoms with Gasteiger partial charge in [-0.05, 0) is 30.5 Å². The fourth-order valence-corrected chi connectivity index (χ4v) is 2.87. The Morgan fingerprint density at radius 1 is 1.29 bits per heavy atom. The van der Waals surface area contributed by atoms with E-state index in [1.165, 1.54) is 17.8 Å². The Balaban J connectivity index is 2.19. The Hall–Kier alpha value is -1.75. The van der Waals surface area contributed by atoms with Gasteiger partial charge in [0.15, 0.2) is 0 Å². The van der Waals surface area contributed by atoms with Gasteiger partial charge < -0.3 is 9.15 Å². The molecule has 0 aliphatic rings. The second kappa shape index (κ2) is 7.31. The lowest BCUT2D eigenvalue weighted by atomic mass is 10.1. The van der Waals surface area contributed by atoms with E-state index >= 15 is 0 Å². The van der Waals surface area contributed by atoms with Crippen LogP contribution in [-0.4, -0.2) is 18.3 Å². The van der Waals surface area contributed by atoms with Crippen LogP contribution in [0.4, 0.5) is 0 Å². The van der Waals surface area contributed by atoms with Crippen molar-refractivity contribution in [3.63, 3.8) is 0 Å². The summed E-state index contributed by atoms with van der Waals surface area (Å²) in [6, 6.07) is 7.39. The maximum atomic E-state index is 11.6. The van der Waals surface area contributed by atoms with Crippen LogP contribution >= 0.6 is 11.8 Å². The zero-order valence-corrected chi connectivity index (χ0v) is 13.0. The minimum Gasteiger partial charge on any atom is -0.465 e. The summed E-state index contributed by atoms with van der Waals surface area (Å²) in [7, 11) is 0. The molecule has 21 heavy (non-hydrogen) atoms. The number of carbonyl (C=O) groups excluding carboxylic acids is 1. The minimum atomic E-state index is -0.359. The monoisotopic (exact) mass is 306 g/mol. The third-order valence-corrected chi connectivity index (χ3v) is 4.04. The maximum absolute atomic E-state index is 11.6. The van der Waals surface area contributed by atoms with Crippen molar-refractivity contribution in [2.75, 3.05) is 12.4 Å². The van der Waals surface area contributed by atoms with Crippen LogP contribution < -0.4 is 5.63 Å². The Labute approximate surface area is 127 Å². The van der Waals surface area contributed by atoms with Gasteiger partial charge in [0.2, 0.25) is 0 Å². The van der Waals surface area contributed by atoms with Crippen molar-refractivity contribution in [1.29, 1.82) is 0 Å². The molecule has 0 aliphatic heterocycles. The van der Waals surface area contributed by atoms with Crippen LogP contribution in [-0.2, 0) is 21.7 Å². The van der Waals surface area contributed by atoms with Gasteiger partial charge in [0.05, 0.1) is 12.4 Å². The molecule has 2 aromatic rings. The van der Waals surface area contributed by atoms with Gasteiger partial charge >= 0.3 is 11.6 Å². The molecule has 0 saturated carbocycles. The van der Waals surface area contributed by atoms with Gasteiger partial charge in [0, 0.05) is 17.2 Å². The first-order valence-electron chi connectivity index (χ1n) is 6.93. The average Bonchev–Trinajstić information content (AvgIpc) is 2.46. The first kappa shape index (κ1) is 15.6. The zero-order chi connectivity index (χ0) is 15.2. The van der Waals surface area contributed by atoms with E-state index in [-0.39, 0.29) is 17.3 Å². The standard InChI is InChI=1S/C16H18O4S/c1-3-11-5-6-13-12(8-15(17)20-14(13)7-11)9-21-10-16(18)19-4-2/h5-8H,3-4,9-10H2,1-2H3. The number of hydrogen-bond donors (Lipinski definition) is 0. The molecular formula is C16H18O4S. The molecule has 0 spiro atoms. The SMILES string of the molecule is CCOC(=O)CSCc1cc(=O)oc2cc(CC)ccc12. The van der Waals surface area contributed by atoms with E-state index in [9.17, 15) is 9.59 Å². The molecule has 0 saturated heterocycles. The molecule has 1 aromatic heterocycles. The number of thioether (sulfide) groups is 1. The Kier molecular flexibility index (Phi) is 5.44. The van der Waals surface area contributed by atoms with Crippen molar-refractivity contribution in [1.82, 2.24) is 0 Å². The number of rotatable bonds is 6. The normalized spacial score (nSPS) is 10.8. The zero-order valence-electron chi connectivity index (χ0n) is 12.2. The summed E-state index contributed by atoms with van der Waals surface area (Å²) in [5.41, 5.74) is 2.26. The maximum Gasteiger partial charge on any atom is 0.336 e. The molecule has 0 N–H and O–H groups in total. The molecule has 0 aliphatic carbocycles. The summed E-state index contributed by atoms with van der Waals surface area (Å²) >= 11 is 1.43. The van der Waals surface area contributed by atoms with Gasteiger partial charge in [0.25, 0.3) is 0 Å². The third kappa shape index (κ3) is 4.11. The predicted octanol–water partition coefficient (Wildman–Crippen LogP) is 3.15. The molecule has 0 radical (unpaired) electrons. The topological polar surface area (TPSA) is 56.5 Å². The highest BCUT2D eigenvalue weighted by Gasteiger charge is 2.08. The fourth-order valence-electron chi connectivity index (χ4n) is 2.06. The largest absolute Gasteiger partial charge is 0.465 e. The number of benzene rings is 1. The van der Waals surface area contributed by atoms with Gasteiger partial charge in [-0.25, -0.2) is 4.79 Å². The number of fused-ring (bicyclic) bond motifs is 1. The molecule has 0 amide bonds. The Bertz CT molecular complexity index is 690. The number of ether oxygens (including phenoxy) is 1. The van der Waals surface area contributed by atoms with Crippen LogP contribution in [0.5, 0.6) is 0 Å². The lowest BCUT2D eigenvalue weighted by molar-refractivity contribution is -0.139. The first-order chi connectivity index (χ1) is 10.1. The van der Waals surface area contributed by atoms with Crippen LogP contribution in [0.15, 0.2) is 33.5 Å². The van der Waals surface area contributed by atoms with Crippen LogP contribution in [0.2, 0.25) is 0 Å². The molecular weight excluding hydrogens is 288 g/mol. The van der Waals surface area contributed by atoms with E-state index in [0.717, 1.165) is 22.9 Å². The van der Waals surface area contributed by atoms with Gasteiger partial charge in [-0.3, -0.25) is 4.79 Å². The van der Waals surface area contributed by atoms with Crippen molar-refractivity contribution in [3.8, 4) is 0 Å². The van der Waals surface area contributed by atoms with Crippen molar-refractivity contribution in [3.05, 3.63) is 45.8 Å². The van der Waals surface area contributed by atoms with Gasteiger partial charge in [-0.15, -0.1) is 11.8 Å². The average molecular weight is 306 g/mol. The van der Waals surface area contributed by atoms with Gasteiger partial charge in [-0.2, -0.15) is 0 Å². The van der Waals surface area contributed by atoms with Crippen molar-refractivity contribution < 1.29 is 13.9 Å². The van der Waals surface area contributed by atoms with Gasteiger partial charge in [0.1, 0.15) is 5.58 Å². The lowest BCUT2D eigenvalue weighted by Gasteiger charge is -2.06. The molecule has 5 heteroatoms. The minimum absolute atomic E-state index is 0.233. The van der Waals surface area contributed by atoms with E-state index in [2.05, 4.69) is 6.92 Å². The molecule has 0 atom stereocenters. The van der Waals surface area contributed by atoms with E-state index in [1.807, 2.05) is 18.2 Å². The van der Waals surface area contributed by atoms with Crippen molar-refractivity contribution in [2.45, 2.75) is 26.0 Å². The number of carbonyl (C=O) groups is 1. The lowest BCUT2D eigenvalue weighted by Crippen LogP contribution is -2.07. The van der Waals surface area contributed by atoms with E-state index in [1.54, 1.807) is 6.92 Å².